The summed E-state index contributed by atoms with van der Waals surface area (Å²) in [5.74, 6) is 1.72. The first-order chi connectivity index (χ1) is 12.2. The zero-order valence-electron chi connectivity index (χ0n) is 14.6. The van der Waals surface area contributed by atoms with Crippen molar-refractivity contribution in [3.05, 3.63) is 54.6 Å². The lowest BCUT2D eigenvalue weighted by Gasteiger charge is -2.28. The molecule has 1 amide bonds. The molecule has 4 nitrogen and oxygen atoms in total. The minimum atomic E-state index is -0.151. The molecule has 0 radical (unpaired) electrons. The van der Waals surface area contributed by atoms with Gasteiger partial charge < -0.3 is 14.8 Å². The molecule has 1 aliphatic carbocycles. The quantitative estimate of drug-likeness (QED) is 0.804. The van der Waals surface area contributed by atoms with Gasteiger partial charge in [0.25, 0.3) is 0 Å². The first-order valence-electron chi connectivity index (χ1n) is 8.96. The van der Waals surface area contributed by atoms with E-state index in [4.69, 9.17) is 9.47 Å². The van der Waals surface area contributed by atoms with E-state index in [0.29, 0.717) is 17.4 Å². The monoisotopic (exact) mass is 339 g/mol. The van der Waals surface area contributed by atoms with Crippen LogP contribution in [0.1, 0.15) is 32.6 Å². The highest BCUT2D eigenvalue weighted by atomic mass is 16.5. The Kier molecular flexibility index (Phi) is 6.07. The van der Waals surface area contributed by atoms with Gasteiger partial charge in [-0.15, -0.1) is 0 Å². The second-order valence-electron chi connectivity index (χ2n) is 6.57. The van der Waals surface area contributed by atoms with Crippen LogP contribution >= 0.6 is 0 Å². The van der Waals surface area contributed by atoms with Crippen LogP contribution in [0.15, 0.2) is 54.6 Å². The number of benzene rings is 2. The molecule has 4 heteroatoms. The zero-order valence-corrected chi connectivity index (χ0v) is 14.6. The topological polar surface area (TPSA) is 47.6 Å². The highest BCUT2D eigenvalue weighted by molar-refractivity contribution is 5.93. The van der Waals surface area contributed by atoms with Crippen molar-refractivity contribution in [1.82, 2.24) is 0 Å². The molecule has 2 atom stereocenters. The van der Waals surface area contributed by atoms with Crippen LogP contribution in [0.5, 0.6) is 11.5 Å². The Hall–Kier alpha value is -2.33. The summed E-state index contributed by atoms with van der Waals surface area (Å²) in [5.41, 5.74) is 0.650. The number of anilines is 1. The van der Waals surface area contributed by atoms with E-state index >= 15 is 0 Å². The molecule has 0 bridgehead atoms. The van der Waals surface area contributed by atoms with Crippen LogP contribution in [0.4, 0.5) is 5.69 Å². The highest BCUT2D eigenvalue weighted by Crippen LogP contribution is 2.29. The molecule has 3 rings (SSSR count). The van der Waals surface area contributed by atoms with E-state index in [9.17, 15) is 4.79 Å². The third kappa shape index (κ3) is 5.07. The predicted octanol–water partition coefficient (Wildman–Crippen LogP) is 5.01. The zero-order chi connectivity index (χ0) is 17.5. The average molecular weight is 339 g/mol. The molecule has 132 valence electrons. The molecule has 2 unspecified atom stereocenters. The van der Waals surface area contributed by atoms with Gasteiger partial charge in [-0.3, -0.25) is 4.79 Å². The number of hydrogen-bond acceptors (Lipinski definition) is 3. The summed E-state index contributed by atoms with van der Waals surface area (Å²) in [7, 11) is 0. The van der Waals surface area contributed by atoms with Gasteiger partial charge in [-0.1, -0.05) is 50.1 Å². The maximum atomic E-state index is 12.3. The van der Waals surface area contributed by atoms with E-state index in [2.05, 4.69) is 12.2 Å². The fraction of sp³-hybridized carbons (Fsp3) is 0.381. The summed E-state index contributed by atoms with van der Waals surface area (Å²) >= 11 is 0. The van der Waals surface area contributed by atoms with E-state index in [1.165, 1.54) is 19.3 Å². The van der Waals surface area contributed by atoms with Gasteiger partial charge in [0.1, 0.15) is 12.4 Å². The molecule has 1 N–H and O–H groups in total. The van der Waals surface area contributed by atoms with Crippen LogP contribution < -0.4 is 10.1 Å². The first-order valence-corrected chi connectivity index (χ1v) is 8.96. The Morgan fingerprint density at radius 2 is 1.76 bits per heavy atom. The van der Waals surface area contributed by atoms with Gasteiger partial charge in [0.2, 0.25) is 5.91 Å². The van der Waals surface area contributed by atoms with Crippen molar-refractivity contribution in [3.8, 4) is 11.5 Å². The van der Waals surface area contributed by atoms with Gasteiger partial charge in [-0.05, 0) is 43.0 Å². The molecular weight excluding hydrogens is 314 g/mol. The number of nitrogens with one attached hydrogen (secondary N) is 1. The predicted molar refractivity (Wildman–Crippen MR) is 99.0 cm³/mol. The molecule has 0 heterocycles. The number of carbonyl (C=O) groups is 1. The third-order valence-electron chi connectivity index (χ3n) is 4.59. The van der Waals surface area contributed by atoms with Gasteiger partial charge in [0.05, 0.1) is 11.8 Å². The molecule has 2 aromatic rings. The minimum absolute atomic E-state index is 0.0781. The number of rotatable bonds is 6. The Morgan fingerprint density at radius 3 is 2.56 bits per heavy atom. The SMILES string of the molecule is CC1CCCCC1OCC(=O)Nc1ccccc1Oc1ccccc1. The lowest BCUT2D eigenvalue weighted by Crippen LogP contribution is -2.29. The van der Waals surface area contributed by atoms with Crippen molar-refractivity contribution in [2.75, 3.05) is 11.9 Å². The standard InChI is InChI=1S/C21H25NO3/c1-16-9-5-7-13-19(16)24-15-21(23)22-18-12-6-8-14-20(18)25-17-10-3-2-4-11-17/h2-4,6,8,10-12,14,16,19H,5,7,9,13,15H2,1H3,(H,22,23). The maximum Gasteiger partial charge on any atom is 0.250 e. The normalized spacial score (nSPS) is 20.0. The Labute approximate surface area is 149 Å². The molecule has 0 spiro atoms. The summed E-state index contributed by atoms with van der Waals surface area (Å²) < 4.78 is 11.7. The van der Waals surface area contributed by atoms with Crippen molar-refractivity contribution in [1.29, 1.82) is 0 Å². The third-order valence-corrected chi connectivity index (χ3v) is 4.59. The van der Waals surface area contributed by atoms with Gasteiger partial charge in [0, 0.05) is 0 Å². The Balaban J connectivity index is 1.57. The van der Waals surface area contributed by atoms with Gasteiger partial charge in [0.15, 0.2) is 5.75 Å². The van der Waals surface area contributed by atoms with E-state index in [-0.39, 0.29) is 18.6 Å². The molecule has 2 aromatic carbocycles. The fourth-order valence-electron chi connectivity index (χ4n) is 3.17. The summed E-state index contributed by atoms with van der Waals surface area (Å²) in [6.07, 6.45) is 4.86. The number of ether oxygens (including phenoxy) is 2. The second kappa shape index (κ2) is 8.67. The molecule has 0 saturated heterocycles. The average Bonchev–Trinajstić information content (AvgIpc) is 2.64. The van der Waals surface area contributed by atoms with Gasteiger partial charge >= 0.3 is 0 Å². The molecular formula is C21H25NO3. The van der Waals surface area contributed by atoms with Crippen LogP contribution in [0.3, 0.4) is 0 Å². The van der Waals surface area contributed by atoms with Crippen molar-refractivity contribution >= 4 is 11.6 Å². The molecule has 1 aliphatic rings. The van der Waals surface area contributed by atoms with Crippen LogP contribution in [0, 0.1) is 5.92 Å². The van der Waals surface area contributed by atoms with Crippen molar-refractivity contribution < 1.29 is 14.3 Å². The van der Waals surface area contributed by atoms with Crippen LogP contribution in [0.25, 0.3) is 0 Å². The number of amides is 1. The Morgan fingerprint density at radius 1 is 1.04 bits per heavy atom. The van der Waals surface area contributed by atoms with E-state index in [1.807, 2.05) is 54.6 Å². The smallest absolute Gasteiger partial charge is 0.250 e. The number of carbonyl (C=O) groups excluding carboxylic acids is 1. The fourth-order valence-corrected chi connectivity index (χ4v) is 3.17. The number of para-hydroxylation sites is 3. The largest absolute Gasteiger partial charge is 0.455 e. The van der Waals surface area contributed by atoms with Crippen molar-refractivity contribution in [3.63, 3.8) is 0 Å². The van der Waals surface area contributed by atoms with Crippen molar-refractivity contribution in [2.45, 2.75) is 38.7 Å². The van der Waals surface area contributed by atoms with Crippen LogP contribution in [-0.4, -0.2) is 18.6 Å². The summed E-state index contributed by atoms with van der Waals surface area (Å²) in [4.78, 5) is 12.3. The van der Waals surface area contributed by atoms with E-state index < -0.39 is 0 Å². The molecule has 25 heavy (non-hydrogen) atoms. The first kappa shape index (κ1) is 17.5. The number of hydrogen-bond donors (Lipinski definition) is 1. The molecule has 0 aromatic heterocycles. The minimum Gasteiger partial charge on any atom is -0.455 e. The maximum absolute atomic E-state index is 12.3. The summed E-state index contributed by atoms with van der Waals surface area (Å²) in [5, 5.41) is 2.90. The van der Waals surface area contributed by atoms with Crippen LogP contribution in [0.2, 0.25) is 0 Å². The lowest BCUT2D eigenvalue weighted by molar-refractivity contribution is -0.124. The van der Waals surface area contributed by atoms with Gasteiger partial charge in [-0.25, -0.2) is 0 Å². The molecule has 1 saturated carbocycles. The molecule has 1 fully saturated rings. The Bertz CT molecular complexity index is 687. The van der Waals surface area contributed by atoms with Gasteiger partial charge in [-0.2, -0.15) is 0 Å². The van der Waals surface area contributed by atoms with Crippen LogP contribution in [-0.2, 0) is 9.53 Å². The second-order valence-corrected chi connectivity index (χ2v) is 6.57. The summed E-state index contributed by atoms with van der Waals surface area (Å²) in [6, 6.07) is 17.0. The summed E-state index contributed by atoms with van der Waals surface area (Å²) in [6.45, 7) is 2.28. The lowest BCUT2D eigenvalue weighted by atomic mass is 9.88. The van der Waals surface area contributed by atoms with E-state index in [0.717, 1.165) is 12.2 Å². The van der Waals surface area contributed by atoms with Crippen molar-refractivity contribution in [2.24, 2.45) is 5.92 Å². The highest BCUT2D eigenvalue weighted by Gasteiger charge is 2.22. The van der Waals surface area contributed by atoms with E-state index in [1.54, 1.807) is 0 Å². The molecule has 0 aliphatic heterocycles.